The lowest BCUT2D eigenvalue weighted by Crippen LogP contribution is -2.12. The van der Waals surface area contributed by atoms with Crippen molar-refractivity contribution in [3.63, 3.8) is 0 Å². The van der Waals surface area contributed by atoms with Crippen molar-refractivity contribution >= 4 is 0 Å². The van der Waals surface area contributed by atoms with Crippen LogP contribution in [0.2, 0.25) is 0 Å². The maximum Gasteiger partial charge on any atom is -0.0159 e. The predicted molar refractivity (Wildman–Crippen MR) is 66.5 cm³/mol. The summed E-state index contributed by atoms with van der Waals surface area (Å²) in [4.78, 5) is 0. The molecule has 0 aromatic heterocycles. The molecule has 1 atom stereocenters. The van der Waals surface area contributed by atoms with Crippen LogP contribution in [0.15, 0.2) is 18.2 Å². The lowest BCUT2D eigenvalue weighted by atomic mass is 9.77. The highest BCUT2D eigenvalue weighted by atomic mass is 14.3. The van der Waals surface area contributed by atoms with E-state index in [9.17, 15) is 0 Å². The Kier molecular flexibility index (Phi) is 3.14. The van der Waals surface area contributed by atoms with Gasteiger partial charge in [-0.15, -0.1) is 0 Å². The molecule has 0 nitrogen and oxygen atoms in total. The first-order chi connectivity index (χ1) is 7.24. The van der Waals surface area contributed by atoms with Crippen LogP contribution in [0.5, 0.6) is 0 Å². The summed E-state index contributed by atoms with van der Waals surface area (Å²) < 4.78 is 0. The van der Waals surface area contributed by atoms with Crippen LogP contribution in [-0.4, -0.2) is 0 Å². The van der Waals surface area contributed by atoms with Gasteiger partial charge in [0.05, 0.1) is 0 Å². The Balaban J connectivity index is 2.49. The highest BCUT2D eigenvalue weighted by Gasteiger charge is 2.22. The fourth-order valence-electron chi connectivity index (χ4n) is 2.94. The molecule has 0 radical (unpaired) electrons. The molecule has 0 heteroatoms. The first kappa shape index (κ1) is 10.7. The number of rotatable bonds is 2. The van der Waals surface area contributed by atoms with Crippen molar-refractivity contribution < 1.29 is 0 Å². The zero-order chi connectivity index (χ0) is 10.8. The zero-order valence-electron chi connectivity index (χ0n) is 10.2. The first-order valence-corrected chi connectivity index (χ1v) is 6.35. The SMILES string of the molecule is CCC1CCCc2cccc(C(C)C)c21. The minimum atomic E-state index is 0.673. The van der Waals surface area contributed by atoms with Crippen molar-refractivity contribution in [1.82, 2.24) is 0 Å². The van der Waals surface area contributed by atoms with Gasteiger partial charge in [0.15, 0.2) is 0 Å². The molecule has 0 heterocycles. The molecule has 0 amide bonds. The van der Waals surface area contributed by atoms with Crippen LogP contribution < -0.4 is 0 Å². The van der Waals surface area contributed by atoms with E-state index >= 15 is 0 Å². The number of fused-ring (bicyclic) bond motifs is 1. The van der Waals surface area contributed by atoms with Crippen molar-refractivity contribution in [3.05, 3.63) is 34.9 Å². The fourth-order valence-corrected chi connectivity index (χ4v) is 2.94. The van der Waals surface area contributed by atoms with Gasteiger partial charge in [0.2, 0.25) is 0 Å². The molecule has 0 N–H and O–H groups in total. The summed E-state index contributed by atoms with van der Waals surface area (Å²) in [6, 6.07) is 6.91. The van der Waals surface area contributed by atoms with E-state index in [4.69, 9.17) is 0 Å². The summed E-state index contributed by atoms with van der Waals surface area (Å²) in [5, 5.41) is 0. The minimum absolute atomic E-state index is 0.673. The largest absolute Gasteiger partial charge is 0.0648 e. The van der Waals surface area contributed by atoms with Crippen molar-refractivity contribution in [2.45, 2.75) is 58.3 Å². The molecule has 82 valence electrons. The first-order valence-electron chi connectivity index (χ1n) is 6.35. The van der Waals surface area contributed by atoms with Gasteiger partial charge in [-0.3, -0.25) is 0 Å². The summed E-state index contributed by atoms with van der Waals surface area (Å²) in [5.41, 5.74) is 4.92. The molecule has 1 aromatic carbocycles. The highest BCUT2D eigenvalue weighted by molar-refractivity contribution is 5.41. The number of hydrogen-bond donors (Lipinski definition) is 0. The monoisotopic (exact) mass is 202 g/mol. The molecule has 0 fully saturated rings. The normalized spacial score (nSPS) is 20.4. The molecule has 0 aliphatic heterocycles. The lowest BCUT2D eigenvalue weighted by Gasteiger charge is -2.28. The topological polar surface area (TPSA) is 0 Å². The molecular weight excluding hydrogens is 180 g/mol. The number of benzene rings is 1. The van der Waals surface area contributed by atoms with E-state index in [0.29, 0.717) is 5.92 Å². The van der Waals surface area contributed by atoms with Crippen molar-refractivity contribution in [1.29, 1.82) is 0 Å². The second-order valence-corrected chi connectivity index (χ2v) is 5.07. The third kappa shape index (κ3) is 1.95. The van der Waals surface area contributed by atoms with Gasteiger partial charge in [0.1, 0.15) is 0 Å². The quantitative estimate of drug-likeness (QED) is 0.655. The molecular formula is C15H22. The molecule has 0 spiro atoms. The molecule has 1 unspecified atom stereocenters. The van der Waals surface area contributed by atoms with Gasteiger partial charge < -0.3 is 0 Å². The number of aryl methyl sites for hydroxylation is 1. The average Bonchev–Trinajstić information content (AvgIpc) is 2.27. The Bertz CT molecular complexity index is 336. The van der Waals surface area contributed by atoms with E-state index in [1.165, 1.54) is 25.7 Å². The van der Waals surface area contributed by atoms with Gasteiger partial charge in [0, 0.05) is 0 Å². The van der Waals surface area contributed by atoms with Crippen LogP contribution in [0.25, 0.3) is 0 Å². The van der Waals surface area contributed by atoms with Crippen molar-refractivity contribution in [2.75, 3.05) is 0 Å². The maximum atomic E-state index is 2.34. The minimum Gasteiger partial charge on any atom is -0.0648 e. The van der Waals surface area contributed by atoms with Gasteiger partial charge in [-0.2, -0.15) is 0 Å². The molecule has 0 bridgehead atoms. The molecule has 2 rings (SSSR count). The zero-order valence-corrected chi connectivity index (χ0v) is 10.2. The second-order valence-electron chi connectivity index (χ2n) is 5.07. The van der Waals surface area contributed by atoms with Gasteiger partial charge in [-0.1, -0.05) is 39.0 Å². The van der Waals surface area contributed by atoms with Crippen LogP contribution in [0, 0.1) is 0 Å². The summed E-state index contributed by atoms with van der Waals surface area (Å²) in [6.07, 6.45) is 5.38. The van der Waals surface area contributed by atoms with E-state index < -0.39 is 0 Å². The van der Waals surface area contributed by atoms with E-state index in [0.717, 1.165) is 5.92 Å². The van der Waals surface area contributed by atoms with Crippen molar-refractivity contribution in [3.8, 4) is 0 Å². The molecule has 1 aliphatic rings. The van der Waals surface area contributed by atoms with Gasteiger partial charge in [0.25, 0.3) is 0 Å². The van der Waals surface area contributed by atoms with Gasteiger partial charge in [-0.25, -0.2) is 0 Å². The van der Waals surface area contributed by atoms with Gasteiger partial charge >= 0.3 is 0 Å². The Morgan fingerprint density at radius 2 is 2.13 bits per heavy atom. The van der Waals surface area contributed by atoms with E-state index in [1.54, 1.807) is 16.7 Å². The summed E-state index contributed by atoms with van der Waals surface area (Å²) in [6.45, 7) is 6.96. The molecule has 15 heavy (non-hydrogen) atoms. The smallest absolute Gasteiger partial charge is 0.0159 e. The Labute approximate surface area is 93.7 Å². The molecule has 1 aromatic rings. The summed E-state index contributed by atoms with van der Waals surface area (Å²) in [5.74, 6) is 1.50. The summed E-state index contributed by atoms with van der Waals surface area (Å²) in [7, 11) is 0. The van der Waals surface area contributed by atoms with Crippen LogP contribution in [0.1, 0.15) is 68.6 Å². The van der Waals surface area contributed by atoms with Crippen LogP contribution in [0.3, 0.4) is 0 Å². The molecule has 0 saturated carbocycles. The number of hydrogen-bond acceptors (Lipinski definition) is 0. The van der Waals surface area contributed by atoms with Crippen LogP contribution in [0.4, 0.5) is 0 Å². The Hall–Kier alpha value is -0.780. The Morgan fingerprint density at radius 3 is 2.80 bits per heavy atom. The molecule has 0 saturated heterocycles. The van der Waals surface area contributed by atoms with E-state index in [-0.39, 0.29) is 0 Å². The Morgan fingerprint density at radius 1 is 1.33 bits per heavy atom. The third-order valence-electron chi connectivity index (χ3n) is 3.75. The average molecular weight is 202 g/mol. The van der Waals surface area contributed by atoms with Gasteiger partial charge in [-0.05, 0) is 54.2 Å². The van der Waals surface area contributed by atoms with Crippen LogP contribution >= 0.6 is 0 Å². The standard InChI is InChI=1S/C15H22/c1-4-12-7-5-8-13-9-6-10-14(11(2)3)15(12)13/h6,9-12H,4-5,7-8H2,1-3H3. The fraction of sp³-hybridized carbons (Fsp3) is 0.600. The molecule has 1 aliphatic carbocycles. The summed E-state index contributed by atoms with van der Waals surface area (Å²) >= 11 is 0. The maximum absolute atomic E-state index is 2.34. The van der Waals surface area contributed by atoms with E-state index in [1.807, 2.05) is 0 Å². The highest BCUT2D eigenvalue weighted by Crippen LogP contribution is 2.38. The lowest BCUT2D eigenvalue weighted by molar-refractivity contribution is 0.532. The predicted octanol–water partition coefficient (Wildman–Crippen LogP) is 4.64. The van der Waals surface area contributed by atoms with Crippen LogP contribution in [-0.2, 0) is 6.42 Å². The third-order valence-corrected chi connectivity index (χ3v) is 3.75. The van der Waals surface area contributed by atoms with Crippen molar-refractivity contribution in [2.24, 2.45) is 0 Å². The second kappa shape index (κ2) is 4.38. The van der Waals surface area contributed by atoms with E-state index in [2.05, 4.69) is 39.0 Å².